The second kappa shape index (κ2) is 4.25. The summed E-state index contributed by atoms with van der Waals surface area (Å²) in [6, 6.07) is 0. The summed E-state index contributed by atoms with van der Waals surface area (Å²) in [7, 11) is 0. The topological polar surface area (TPSA) is 0 Å². The van der Waals surface area contributed by atoms with Gasteiger partial charge >= 0.3 is 0 Å². The van der Waals surface area contributed by atoms with Crippen molar-refractivity contribution < 1.29 is 0 Å². The maximum Gasteiger partial charge on any atom is -0.0220 e. The van der Waals surface area contributed by atoms with E-state index in [9.17, 15) is 0 Å². The first-order chi connectivity index (χ1) is 8.17. The van der Waals surface area contributed by atoms with Gasteiger partial charge in [-0.05, 0) is 59.7 Å². The number of fused-ring (bicyclic) bond motifs is 2. The first-order valence-electron chi connectivity index (χ1n) is 8.17. The van der Waals surface area contributed by atoms with Crippen LogP contribution in [-0.4, -0.2) is 0 Å². The zero-order chi connectivity index (χ0) is 13.8. The lowest BCUT2D eigenvalue weighted by atomic mass is 9.40. The molecule has 2 saturated carbocycles. The molecule has 5 atom stereocenters. The van der Waals surface area contributed by atoms with Crippen molar-refractivity contribution in [2.24, 2.45) is 34.0 Å². The van der Waals surface area contributed by atoms with Gasteiger partial charge in [-0.1, -0.05) is 54.9 Å². The minimum Gasteiger partial charge on any atom is -0.0648 e. The molecule has 0 spiro atoms. The molecule has 0 nitrogen and oxygen atoms in total. The smallest absolute Gasteiger partial charge is 0.0220 e. The second-order valence-corrected chi connectivity index (χ2v) is 8.79. The second-order valence-electron chi connectivity index (χ2n) is 8.79. The van der Waals surface area contributed by atoms with Crippen LogP contribution in [0.15, 0.2) is 0 Å². The minimum atomic E-state index is 0.538. The molecule has 2 bridgehead atoms. The summed E-state index contributed by atoms with van der Waals surface area (Å²) >= 11 is 0. The number of hydrogen-bond donors (Lipinski definition) is 0. The van der Waals surface area contributed by atoms with Gasteiger partial charge in [-0.2, -0.15) is 0 Å². The van der Waals surface area contributed by atoms with Crippen LogP contribution in [-0.2, 0) is 0 Å². The Kier molecular flexibility index (Phi) is 3.40. The van der Waals surface area contributed by atoms with E-state index in [0.29, 0.717) is 16.2 Å². The summed E-state index contributed by atoms with van der Waals surface area (Å²) in [5.41, 5.74) is 1.70. The SMILES string of the molecule is CCC1(C)CC2(C)CC(C)CC(C2)C1(C)C(C)C. The summed E-state index contributed by atoms with van der Waals surface area (Å²) in [6.45, 7) is 17.6. The molecule has 0 heteroatoms. The lowest BCUT2D eigenvalue weighted by Crippen LogP contribution is -2.56. The zero-order valence-electron chi connectivity index (χ0n) is 13.8. The quantitative estimate of drug-likeness (QED) is 0.571. The van der Waals surface area contributed by atoms with Crippen molar-refractivity contribution in [3.63, 3.8) is 0 Å². The van der Waals surface area contributed by atoms with E-state index in [4.69, 9.17) is 0 Å². The fourth-order valence-corrected chi connectivity index (χ4v) is 6.07. The van der Waals surface area contributed by atoms with Crippen LogP contribution in [0.1, 0.15) is 80.6 Å². The molecule has 0 aliphatic heterocycles. The molecule has 5 unspecified atom stereocenters. The van der Waals surface area contributed by atoms with Crippen LogP contribution in [0, 0.1) is 34.0 Å². The standard InChI is InChI=1S/C18H34/c1-8-17(6)12-16(5)10-14(4)9-15(11-16)18(17,7)13(2)3/h13-15H,8-12H2,1-7H3. The van der Waals surface area contributed by atoms with Crippen molar-refractivity contribution >= 4 is 0 Å². The highest BCUT2D eigenvalue weighted by atomic mass is 14.6. The van der Waals surface area contributed by atoms with E-state index in [-0.39, 0.29) is 0 Å². The van der Waals surface area contributed by atoms with Gasteiger partial charge in [-0.15, -0.1) is 0 Å². The normalized spacial score (nSPS) is 52.7. The molecule has 0 N–H and O–H groups in total. The van der Waals surface area contributed by atoms with Gasteiger partial charge in [0.25, 0.3) is 0 Å². The van der Waals surface area contributed by atoms with Crippen LogP contribution in [0.2, 0.25) is 0 Å². The maximum atomic E-state index is 2.61. The molecule has 0 saturated heterocycles. The monoisotopic (exact) mass is 250 g/mol. The minimum absolute atomic E-state index is 0.538. The lowest BCUT2D eigenvalue weighted by molar-refractivity contribution is -0.156. The van der Waals surface area contributed by atoms with Crippen molar-refractivity contribution in [2.45, 2.75) is 80.6 Å². The van der Waals surface area contributed by atoms with Gasteiger partial charge < -0.3 is 0 Å². The summed E-state index contributed by atoms with van der Waals surface area (Å²) in [5, 5.41) is 0. The van der Waals surface area contributed by atoms with E-state index in [2.05, 4.69) is 48.5 Å². The molecule has 2 aliphatic carbocycles. The van der Waals surface area contributed by atoms with E-state index < -0.39 is 0 Å². The van der Waals surface area contributed by atoms with Crippen molar-refractivity contribution in [2.75, 3.05) is 0 Å². The molecular weight excluding hydrogens is 216 g/mol. The van der Waals surface area contributed by atoms with E-state index in [1.165, 1.54) is 32.1 Å². The predicted octanol–water partition coefficient (Wildman–Crippen LogP) is 5.91. The van der Waals surface area contributed by atoms with Gasteiger partial charge in [-0.3, -0.25) is 0 Å². The highest BCUT2D eigenvalue weighted by Gasteiger charge is 2.59. The largest absolute Gasteiger partial charge is 0.0648 e. The van der Waals surface area contributed by atoms with Crippen LogP contribution in [0.3, 0.4) is 0 Å². The summed E-state index contributed by atoms with van der Waals surface area (Å²) < 4.78 is 0. The molecule has 2 aliphatic rings. The average Bonchev–Trinajstić information content (AvgIpc) is 2.23. The Morgan fingerprint density at radius 1 is 1.11 bits per heavy atom. The fraction of sp³-hybridized carbons (Fsp3) is 1.00. The zero-order valence-corrected chi connectivity index (χ0v) is 13.8. The molecule has 0 aromatic heterocycles. The molecule has 2 rings (SSSR count). The molecule has 0 heterocycles. The van der Waals surface area contributed by atoms with Gasteiger partial charge in [-0.25, -0.2) is 0 Å². The van der Waals surface area contributed by atoms with Crippen LogP contribution in [0.4, 0.5) is 0 Å². The average molecular weight is 250 g/mol. The molecule has 0 amide bonds. The number of rotatable bonds is 2. The molecular formula is C18H34. The van der Waals surface area contributed by atoms with Crippen LogP contribution < -0.4 is 0 Å². The summed E-state index contributed by atoms with van der Waals surface area (Å²) in [6.07, 6.45) is 7.23. The van der Waals surface area contributed by atoms with E-state index in [1.54, 1.807) is 0 Å². The molecule has 0 aromatic rings. The van der Waals surface area contributed by atoms with Gasteiger partial charge in [0.15, 0.2) is 0 Å². The highest BCUT2D eigenvalue weighted by Crippen LogP contribution is 2.68. The molecule has 18 heavy (non-hydrogen) atoms. The van der Waals surface area contributed by atoms with E-state index >= 15 is 0 Å². The first kappa shape index (κ1) is 14.4. The van der Waals surface area contributed by atoms with E-state index in [0.717, 1.165) is 17.8 Å². The van der Waals surface area contributed by atoms with Crippen LogP contribution >= 0.6 is 0 Å². The van der Waals surface area contributed by atoms with Crippen molar-refractivity contribution in [1.29, 1.82) is 0 Å². The lowest BCUT2D eigenvalue weighted by Gasteiger charge is -2.65. The van der Waals surface area contributed by atoms with Crippen LogP contribution in [0.25, 0.3) is 0 Å². The van der Waals surface area contributed by atoms with Gasteiger partial charge in [0.2, 0.25) is 0 Å². The Labute approximate surface area is 115 Å². The van der Waals surface area contributed by atoms with Gasteiger partial charge in [0.05, 0.1) is 0 Å². The first-order valence-corrected chi connectivity index (χ1v) is 8.17. The predicted molar refractivity (Wildman–Crippen MR) is 80.6 cm³/mol. The maximum absolute atomic E-state index is 2.61. The van der Waals surface area contributed by atoms with Gasteiger partial charge in [0.1, 0.15) is 0 Å². The van der Waals surface area contributed by atoms with Crippen LogP contribution in [0.5, 0.6) is 0 Å². The van der Waals surface area contributed by atoms with Crippen molar-refractivity contribution in [1.82, 2.24) is 0 Å². The Morgan fingerprint density at radius 2 is 1.72 bits per heavy atom. The molecule has 2 fully saturated rings. The third-order valence-corrected chi connectivity index (χ3v) is 7.21. The Hall–Kier alpha value is 0. The van der Waals surface area contributed by atoms with Crippen molar-refractivity contribution in [3.8, 4) is 0 Å². The molecule has 106 valence electrons. The number of hydrogen-bond acceptors (Lipinski definition) is 0. The summed E-state index contributed by atoms with van der Waals surface area (Å²) in [5.74, 6) is 2.69. The molecule has 0 aromatic carbocycles. The molecule has 0 radical (unpaired) electrons. The Morgan fingerprint density at radius 3 is 2.22 bits per heavy atom. The third kappa shape index (κ3) is 1.86. The fourth-order valence-electron chi connectivity index (χ4n) is 6.07. The Balaban J connectivity index is 2.44. The highest BCUT2D eigenvalue weighted by molar-refractivity contribution is 5.08. The van der Waals surface area contributed by atoms with Gasteiger partial charge in [0, 0.05) is 0 Å². The van der Waals surface area contributed by atoms with Crippen molar-refractivity contribution in [3.05, 3.63) is 0 Å². The Bertz CT molecular complexity index is 318. The van der Waals surface area contributed by atoms with E-state index in [1.807, 2.05) is 0 Å². The third-order valence-electron chi connectivity index (χ3n) is 7.21. The summed E-state index contributed by atoms with van der Waals surface area (Å²) in [4.78, 5) is 0.